The van der Waals surface area contributed by atoms with Crippen molar-refractivity contribution in [3.8, 4) is 0 Å². The van der Waals surface area contributed by atoms with Crippen LogP contribution in [0.15, 0.2) is 33.9 Å². The molecule has 0 atom stereocenters. The molecule has 0 aliphatic carbocycles. The van der Waals surface area contributed by atoms with Gasteiger partial charge in [0, 0.05) is 6.54 Å². The first-order chi connectivity index (χ1) is 9.15. The second kappa shape index (κ2) is 6.61. The summed E-state index contributed by atoms with van der Waals surface area (Å²) in [6.07, 6.45) is 0.999. The van der Waals surface area contributed by atoms with E-state index in [1.54, 1.807) is 0 Å². The molecule has 1 amide bonds. The van der Waals surface area contributed by atoms with Crippen LogP contribution in [0.4, 0.5) is 0 Å². The van der Waals surface area contributed by atoms with Crippen molar-refractivity contribution in [3.05, 3.63) is 24.3 Å². The van der Waals surface area contributed by atoms with Crippen molar-refractivity contribution in [2.24, 2.45) is 5.92 Å². The van der Waals surface area contributed by atoms with Crippen LogP contribution in [0.5, 0.6) is 0 Å². The first-order valence-electron chi connectivity index (χ1n) is 6.40. The number of para-hydroxylation sites is 2. The number of nitrogens with zero attached hydrogens (tertiary/aromatic N) is 1. The fraction of sp³-hybridized carbons (Fsp3) is 0.429. The Morgan fingerprint density at radius 1 is 1.42 bits per heavy atom. The summed E-state index contributed by atoms with van der Waals surface area (Å²) < 4.78 is 5.53. The second-order valence-corrected chi connectivity index (χ2v) is 5.70. The van der Waals surface area contributed by atoms with E-state index in [0.717, 1.165) is 24.1 Å². The van der Waals surface area contributed by atoms with Gasteiger partial charge in [-0.2, -0.15) is 0 Å². The van der Waals surface area contributed by atoms with Gasteiger partial charge < -0.3 is 9.73 Å². The van der Waals surface area contributed by atoms with Crippen LogP contribution in [-0.4, -0.2) is 23.2 Å². The molecule has 2 rings (SSSR count). The molecule has 5 heteroatoms. The van der Waals surface area contributed by atoms with Crippen molar-refractivity contribution in [1.29, 1.82) is 0 Å². The molecule has 1 N–H and O–H groups in total. The standard InChI is InChI=1S/C14H18N2O2S/c1-10(2)7-8-15-13(17)9-19-14-16-11-5-3-4-6-12(11)18-14/h3-6,10H,7-9H2,1-2H3,(H,15,17). The molecule has 0 saturated carbocycles. The van der Waals surface area contributed by atoms with Gasteiger partial charge in [-0.1, -0.05) is 37.7 Å². The van der Waals surface area contributed by atoms with Gasteiger partial charge in [-0.25, -0.2) is 4.98 Å². The number of fused-ring (bicyclic) bond motifs is 1. The molecule has 0 aliphatic rings. The summed E-state index contributed by atoms with van der Waals surface area (Å²) in [4.78, 5) is 15.9. The minimum Gasteiger partial charge on any atom is -0.431 e. The fourth-order valence-corrected chi connectivity index (χ4v) is 2.26. The van der Waals surface area contributed by atoms with Crippen molar-refractivity contribution >= 4 is 28.8 Å². The molecule has 0 saturated heterocycles. The number of thioether (sulfide) groups is 1. The molecule has 102 valence electrons. The average Bonchev–Trinajstić information content (AvgIpc) is 2.78. The monoisotopic (exact) mass is 278 g/mol. The lowest BCUT2D eigenvalue weighted by molar-refractivity contribution is -0.118. The van der Waals surface area contributed by atoms with Crippen LogP contribution in [-0.2, 0) is 4.79 Å². The molecule has 1 heterocycles. The molecular formula is C14H18N2O2S. The summed E-state index contributed by atoms with van der Waals surface area (Å²) in [5, 5.41) is 3.43. The topological polar surface area (TPSA) is 55.1 Å². The second-order valence-electron chi connectivity index (χ2n) is 4.77. The normalized spacial score (nSPS) is 11.1. The molecule has 4 nitrogen and oxygen atoms in total. The quantitative estimate of drug-likeness (QED) is 0.825. The van der Waals surface area contributed by atoms with Crippen molar-refractivity contribution in [3.63, 3.8) is 0 Å². The molecule has 0 spiro atoms. The van der Waals surface area contributed by atoms with E-state index in [4.69, 9.17) is 4.42 Å². The largest absolute Gasteiger partial charge is 0.431 e. The molecule has 0 unspecified atom stereocenters. The van der Waals surface area contributed by atoms with Gasteiger partial charge in [-0.3, -0.25) is 4.79 Å². The van der Waals surface area contributed by atoms with E-state index in [2.05, 4.69) is 24.1 Å². The third-order valence-electron chi connectivity index (χ3n) is 2.64. The molecule has 19 heavy (non-hydrogen) atoms. The molecule has 0 bridgehead atoms. The number of oxazole rings is 1. The van der Waals surface area contributed by atoms with Gasteiger partial charge in [0.15, 0.2) is 5.58 Å². The number of carbonyl (C=O) groups is 1. The van der Waals surface area contributed by atoms with Crippen LogP contribution in [0.1, 0.15) is 20.3 Å². The maximum Gasteiger partial charge on any atom is 0.257 e. The van der Waals surface area contributed by atoms with Gasteiger partial charge in [0.05, 0.1) is 5.75 Å². The minimum absolute atomic E-state index is 0.0212. The summed E-state index contributed by atoms with van der Waals surface area (Å²) in [7, 11) is 0. The highest BCUT2D eigenvalue weighted by Crippen LogP contribution is 2.22. The number of hydrogen-bond donors (Lipinski definition) is 1. The fourth-order valence-electron chi connectivity index (χ4n) is 1.59. The number of carbonyl (C=O) groups excluding carboxylic acids is 1. The Bertz CT molecular complexity index is 518. The van der Waals surface area contributed by atoms with Gasteiger partial charge in [-0.05, 0) is 24.5 Å². The summed E-state index contributed by atoms with van der Waals surface area (Å²) in [5.74, 6) is 0.961. The van der Waals surface area contributed by atoms with E-state index < -0.39 is 0 Å². The van der Waals surface area contributed by atoms with Crippen molar-refractivity contribution in [1.82, 2.24) is 10.3 Å². The maximum absolute atomic E-state index is 11.6. The van der Waals surface area contributed by atoms with E-state index in [1.807, 2.05) is 24.3 Å². The lowest BCUT2D eigenvalue weighted by atomic mass is 10.1. The summed E-state index contributed by atoms with van der Waals surface area (Å²) >= 11 is 1.32. The van der Waals surface area contributed by atoms with Crippen LogP contribution < -0.4 is 5.32 Å². The smallest absolute Gasteiger partial charge is 0.257 e. The zero-order chi connectivity index (χ0) is 13.7. The lowest BCUT2D eigenvalue weighted by Crippen LogP contribution is -2.26. The number of rotatable bonds is 6. The van der Waals surface area contributed by atoms with E-state index >= 15 is 0 Å². The number of hydrogen-bond acceptors (Lipinski definition) is 4. The molecule has 1 aromatic carbocycles. The van der Waals surface area contributed by atoms with E-state index in [-0.39, 0.29) is 5.91 Å². The van der Waals surface area contributed by atoms with Crippen molar-refractivity contribution in [2.75, 3.05) is 12.3 Å². The van der Waals surface area contributed by atoms with Gasteiger partial charge >= 0.3 is 0 Å². The van der Waals surface area contributed by atoms with Crippen LogP contribution in [0.25, 0.3) is 11.1 Å². The predicted octanol–water partition coefficient (Wildman–Crippen LogP) is 3.08. The molecule has 2 aromatic rings. The Morgan fingerprint density at radius 3 is 2.95 bits per heavy atom. The predicted molar refractivity (Wildman–Crippen MR) is 77.2 cm³/mol. The first kappa shape index (κ1) is 13.9. The third kappa shape index (κ3) is 4.28. The summed E-state index contributed by atoms with van der Waals surface area (Å²) in [6, 6.07) is 7.58. The molecule has 0 fully saturated rings. The Hall–Kier alpha value is -1.49. The van der Waals surface area contributed by atoms with Crippen LogP contribution in [0.2, 0.25) is 0 Å². The Morgan fingerprint density at radius 2 is 2.21 bits per heavy atom. The molecule has 0 aliphatic heterocycles. The minimum atomic E-state index is 0.0212. The highest BCUT2D eigenvalue weighted by atomic mass is 32.2. The Balaban J connectivity index is 1.80. The van der Waals surface area contributed by atoms with Crippen LogP contribution in [0, 0.1) is 5.92 Å². The SMILES string of the molecule is CC(C)CCNC(=O)CSc1nc2ccccc2o1. The van der Waals surface area contributed by atoms with E-state index in [0.29, 0.717) is 16.9 Å². The highest BCUT2D eigenvalue weighted by molar-refractivity contribution is 7.99. The van der Waals surface area contributed by atoms with Crippen molar-refractivity contribution < 1.29 is 9.21 Å². The molecular weight excluding hydrogens is 260 g/mol. The molecule has 0 radical (unpaired) electrons. The van der Waals surface area contributed by atoms with Gasteiger partial charge in [-0.15, -0.1) is 0 Å². The lowest BCUT2D eigenvalue weighted by Gasteiger charge is -2.05. The number of aromatic nitrogens is 1. The average molecular weight is 278 g/mol. The zero-order valence-electron chi connectivity index (χ0n) is 11.2. The molecule has 1 aromatic heterocycles. The van der Waals surface area contributed by atoms with Crippen molar-refractivity contribution in [2.45, 2.75) is 25.5 Å². The first-order valence-corrected chi connectivity index (χ1v) is 7.39. The van der Waals surface area contributed by atoms with E-state index in [1.165, 1.54) is 11.8 Å². The Kier molecular flexibility index (Phi) is 4.85. The number of nitrogens with one attached hydrogen (secondary N) is 1. The van der Waals surface area contributed by atoms with Gasteiger partial charge in [0.25, 0.3) is 5.22 Å². The van der Waals surface area contributed by atoms with Gasteiger partial charge in [0.1, 0.15) is 5.52 Å². The number of amides is 1. The third-order valence-corrected chi connectivity index (χ3v) is 3.47. The van der Waals surface area contributed by atoms with Crippen LogP contribution in [0.3, 0.4) is 0 Å². The number of benzene rings is 1. The van der Waals surface area contributed by atoms with E-state index in [9.17, 15) is 4.79 Å². The van der Waals surface area contributed by atoms with Crippen LogP contribution >= 0.6 is 11.8 Å². The van der Waals surface area contributed by atoms with Gasteiger partial charge in [0.2, 0.25) is 5.91 Å². The summed E-state index contributed by atoms with van der Waals surface area (Å²) in [5.41, 5.74) is 1.58. The maximum atomic E-state index is 11.6. The Labute approximate surface area is 117 Å². The summed E-state index contributed by atoms with van der Waals surface area (Å²) in [6.45, 7) is 5.00. The highest BCUT2D eigenvalue weighted by Gasteiger charge is 2.08. The zero-order valence-corrected chi connectivity index (χ0v) is 12.0.